The summed E-state index contributed by atoms with van der Waals surface area (Å²) in [6, 6.07) is 17.5. The fourth-order valence-corrected chi connectivity index (χ4v) is 6.29. The molecular formula is C34H33ClN2O7S. The second-order valence-corrected chi connectivity index (χ2v) is 11.4. The summed E-state index contributed by atoms with van der Waals surface area (Å²) in [7, 11) is 3.08. The number of carbonyl (C=O) groups is 1. The number of thiazole rings is 1. The molecule has 0 bridgehead atoms. The quantitative estimate of drug-likeness (QED) is 0.200. The van der Waals surface area contributed by atoms with Gasteiger partial charge in [-0.05, 0) is 68.3 Å². The van der Waals surface area contributed by atoms with Crippen LogP contribution in [0.25, 0.3) is 6.08 Å². The Balaban J connectivity index is 1.58. The van der Waals surface area contributed by atoms with Crippen LogP contribution in [0.15, 0.2) is 81.7 Å². The molecule has 0 N–H and O–H groups in total. The third kappa shape index (κ3) is 6.62. The average Bonchev–Trinajstić information content (AvgIpc) is 3.34. The van der Waals surface area contributed by atoms with Crippen molar-refractivity contribution in [3.63, 3.8) is 0 Å². The number of rotatable bonds is 11. The number of hydrogen-bond donors (Lipinski definition) is 0. The van der Waals surface area contributed by atoms with Gasteiger partial charge >= 0.3 is 5.97 Å². The van der Waals surface area contributed by atoms with Crippen LogP contribution in [-0.2, 0) is 16.1 Å². The number of ether oxygens (including phenoxy) is 5. The standard InChI is InChI=1S/C34H33ClN2O7S/c1-6-42-28-16-21(12-14-26(28)44-19-23-10-8-9-11-24(23)35)17-29-32(38)37-31(22-13-15-25(40-4)27(18-22)41-5)30(33(39)43-7-2)20(3)36-34(37)45-29/h8-18,31H,6-7,19H2,1-5H3/b29-17-/t31-/m1/s1. The van der Waals surface area contributed by atoms with Crippen LogP contribution in [0.3, 0.4) is 0 Å². The maximum Gasteiger partial charge on any atom is 0.338 e. The van der Waals surface area contributed by atoms with E-state index >= 15 is 0 Å². The second kappa shape index (κ2) is 14.0. The Morgan fingerprint density at radius 2 is 1.71 bits per heavy atom. The van der Waals surface area contributed by atoms with E-state index in [4.69, 9.17) is 35.3 Å². The van der Waals surface area contributed by atoms with Crippen LogP contribution < -0.4 is 33.8 Å². The van der Waals surface area contributed by atoms with Crippen LogP contribution in [-0.4, -0.2) is 38.0 Å². The van der Waals surface area contributed by atoms with Crippen LogP contribution in [0.1, 0.15) is 43.5 Å². The lowest BCUT2D eigenvalue weighted by atomic mass is 9.95. The lowest BCUT2D eigenvalue weighted by Gasteiger charge is -2.25. The highest BCUT2D eigenvalue weighted by Crippen LogP contribution is 2.36. The zero-order valence-electron chi connectivity index (χ0n) is 25.6. The van der Waals surface area contributed by atoms with Crippen molar-refractivity contribution in [2.24, 2.45) is 4.99 Å². The lowest BCUT2D eigenvalue weighted by Crippen LogP contribution is -2.39. The van der Waals surface area contributed by atoms with E-state index in [1.54, 1.807) is 51.3 Å². The van der Waals surface area contributed by atoms with E-state index in [0.717, 1.165) is 11.1 Å². The summed E-state index contributed by atoms with van der Waals surface area (Å²) in [5.41, 5.74) is 2.69. The van der Waals surface area contributed by atoms with Crippen molar-refractivity contribution < 1.29 is 28.5 Å². The molecule has 234 valence electrons. The van der Waals surface area contributed by atoms with E-state index in [2.05, 4.69) is 4.99 Å². The molecule has 0 unspecified atom stereocenters. The predicted octanol–water partition coefficient (Wildman–Crippen LogP) is 5.45. The van der Waals surface area contributed by atoms with Crippen LogP contribution in [0.5, 0.6) is 23.0 Å². The van der Waals surface area contributed by atoms with E-state index < -0.39 is 12.0 Å². The number of esters is 1. The second-order valence-electron chi connectivity index (χ2n) is 9.94. The number of aromatic nitrogens is 1. The van der Waals surface area contributed by atoms with Gasteiger partial charge in [-0.1, -0.05) is 53.3 Å². The summed E-state index contributed by atoms with van der Waals surface area (Å²) in [6.07, 6.45) is 1.78. The minimum Gasteiger partial charge on any atom is -0.493 e. The number of fused-ring (bicyclic) bond motifs is 1. The summed E-state index contributed by atoms with van der Waals surface area (Å²) in [4.78, 5) is 32.4. The minimum absolute atomic E-state index is 0.180. The molecule has 11 heteroatoms. The summed E-state index contributed by atoms with van der Waals surface area (Å²) >= 11 is 7.53. The number of benzene rings is 3. The molecular weight excluding hydrogens is 616 g/mol. The molecule has 1 aliphatic rings. The molecule has 1 atom stereocenters. The minimum atomic E-state index is -0.790. The molecule has 0 aliphatic carbocycles. The molecule has 2 heterocycles. The first kappa shape index (κ1) is 31.9. The molecule has 45 heavy (non-hydrogen) atoms. The van der Waals surface area contributed by atoms with Crippen molar-refractivity contribution in [2.45, 2.75) is 33.4 Å². The highest BCUT2D eigenvalue weighted by Gasteiger charge is 2.34. The van der Waals surface area contributed by atoms with Gasteiger partial charge in [0.1, 0.15) is 6.61 Å². The largest absolute Gasteiger partial charge is 0.493 e. The van der Waals surface area contributed by atoms with Crippen molar-refractivity contribution in [3.05, 3.63) is 113 Å². The van der Waals surface area contributed by atoms with Crippen LogP contribution in [0, 0.1) is 0 Å². The maximum atomic E-state index is 14.1. The Bertz CT molecular complexity index is 1950. The Hall–Kier alpha value is -4.54. The monoisotopic (exact) mass is 648 g/mol. The molecule has 4 aromatic rings. The van der Waals surface area contributed by atoms with Crippen LogP contribution in [0.4, 0.5) is 0 Å². The topological polar surface area (TPSA) is 97.6 Å². The number of carbonyl (C=O) groups excluding carboxylic acids is 1. The molecule has 0 amide bonds. The molecule has 1 aromatic heterocycles. The van der Waals surface area contributed by atoms with Gasteiger partial charge in [0.25, 0.3) is 5.56 Å². The molecule has 0 spiro atoms. The molecule has 0 fully saturated rings. The summed E-state index contributed by atoms with van der Waals surface area (Å²) < 4.78 is 30.2. The van der Waals surface area contributed by atoms with Crippen molar-refractivity contribution in [1.29, 1.82) is 0 Å². The number of halogens is 1. The number of methoxy groups -OCH3 is 2. The van der Waals surface area contributed by atoms with Gasteiger partial charge in [-0.15, -0.1) is 0 Å². The third-order valence-corrected chi connectivity index (χ3v) is 8.50. The third-order valence-electron chi connectivity index (χ3n) is 7.15. The Morgan fingerprint density at radius 1 is 0.956 bits per heavy atom. The van der Waals surface area contributed by atoms with Gasteiger partial charge in [0.05, 0.1) is 49.3 Å². The van der Waals surface area contributed by atoms with Gasteiger partial charge in [-0.25, -0.2) is 9.79 Å². The highest BCUT2D eigenvalue weighted by atomic mass is 35.5. The Kier molecular flexibility index (Phi) is 9.95. The SMILES string of the molecule is CCOC(=O)C1=C(C)N=c2s/c(=C\c3ccc(OCc4ccccc4Cl)c(OCC)c3)c(=O)n2[C@@H]1c1ccc(OC)c(OC)c1. The van der Waals surface area contributed by atoms with Crippen molar-refractivity contribution in [1.82, 2.24) is 4.57 Å². The summed E-state index contributed by atoms with van der Waals surface area (Å²) in [5, 5.41) is 0.621. The Morgan fingerprint density at radius 3 is 2.42 bits per heavy atom. The highest BCUT2D eigenvalue weighted by molar-refractivity contribution is 7.07. The van der Waals surface area contributed by atoms with Gasteiger partial charge in [-0.2, -0.15) is 0 Å². The molecule has 9 nitrogen and oxygen atoms in total. The maximum absolute atomic E-state index is 14.1. The lowest BCUT2D eigenvalue weighted by molar-refractivity contribution is -0.139. The van der Waals surface area contributed by atoms with Gasteiger partial charge < -0.3 is 23.7 Å². The summed E-state index contributed by atoms with van der Waals surface area (Å²) in [5.74, 6) is 1.54. The van der Waals surface area contributed by atoms with E-state index in [9.17, 15) is 9.59 Å². The van der Waals surface area contributed by atoms with Crippen LogP contribution >= 0.6 is 22.9 Å². The first-order chi connectivity index (χ1) is 21.8. The van der Waals surface area contributed by atoms with E-state index in [1.165, 1.54) is 23.0 Å². The molecule has 0 saturated carbocycles. The molecule has 0 saturated heterocycles. The average molecular weight is 649 g/mol. The fraction of sp³-hybridized carbons (Fsp3) is 0.265. The van der Waals surface area contributed by atoms with Crippen molar-refractivity contribution in [3.8, 4) is 23.0 Å². The number of allylic oxidation sites excluding steroid dienone is 1. The molecule has 5 rings (SSSR count). The molecule has 1 aliphatic heterocycles. The number of hydrogen-bond acceptors (Lipinski definition) is 9. The Labute approximate surface area is 269 Å². The smallest absolute Gasteiger partial charge is 0.338 e. The fourth-order valence-electron chi connectivity index (χ4n) is 5.05. The van der Waals surface area contributed by atoms with Gasteiger partial charge in [0.2, 0.25) is 0 Å². The van der Waals surface area contributed by atoms with Crippen molar-refractivity contribution in [2.75, 3.05) is 27.4 Å². The zero-order valence-corrected chi connectivity index (χ0v) is 27.2. The van der Waals surface area contributed by atoms with E-state index in [0.29, 0.717) is 55.2 Å². The molecule has 0 radical (unpaired) electrons. The summed E-state index contributed by atoms with van der Waals surface area (Å²) in [6.45, 7) is 6.25. The van der Waals surface area contributed by atoms with E-state index in [-0.39, 0.29) is 24.3 Å². The van der Waals surface area contributed by atoms with Gasteiger partial charge in [0, 0.05) is 10.6 Å². The predicted molar refractivity (Wildman–Crippen MR) is 173 cm³/mol. The zero-order chi connectivity index (χ0) is 32.1. The molecule has 3 aromatic carbocycles. The first-order valence-electron chi connectivity index (χ1n) is 14.3. The number of nitrogens with zero attached hydrogens (tertiary/aromatic N) is 2. The van der Waals surface area contributed by atoms with Crippen LogP contribution in [0.2, 0.25) is 5.02 Å². The van der Waals surface area contributed by atoms with Gasteiger partial charge in [0.15, 0.2) is 27.8 Å². The first-order valence-corrected chi connectivity index (χ1v) is 15.5. The normalized spacial score (nSPS) is 14.4. The van der Waals surface area contributed by atoms with Crippen molar-refractivity contribution >= 4 is 35.0 Å². The van der Waals surface area contributed by atoms with Gasteiger partial charge in [-0.3, -0.25) is 9.36 Å². The van der Waals surface area contributed by atoms with E-state index in [1.807, 2.05) is 43.3 Å².